The van der Waals surface area contributed by atoms with Crippen molar-refractivity contribution in [3.63, 3.8) is 0 Å². The molecule has 1 aliphatic rings. The quantitative estimate of drug-likeness (QED) is 0.683. The number of hydrogen-bond acceptors (Lipinski definition) is 4. The van der Waals surface area contributed by atoms with Crippen LogP contribution in [0.4, 0.5) is 5.69 Å². The first-order chi connectivity index (χ1) is 9.62. The zero-order valence-electron chi connectivity index (χ0n) is 11.8. The predicted octanol–water partition coefficient (Wildman–Crippen LogP) is 1.82. The van der Waals surface area contributed by atoms with Gasteiger partial charge >= 0.3 is 0 Å². The molecule has 1 saturated carbocycles. The summed E-state index contributed by atoms with van der Waals surface area (Å²) >= 11 is 0. The van der Waals surface area contributed by atoms with E-state index in [9.17, 15) is 8.42 Å². The van der Waals surface area contributed by atoms with E-state index >= 15 is 0 Å². The molecule has 0 heterocycles. The van der Waals surface area contributed by atoms with Crippen molar-refractivity contribution in [2.24, 2.45) is 5.92 Å². The summed E-state index contributed by atoms with van der Waals surface area (Å²) in [5.41, 5.74) is 0.887. The minimum absolute atomic E-state index is 0.287. The van der Waals surface area contributed by atoms with Crippen LogP contribution in [0.1, 0.15) is 19.3 Å². The molecule has 1 aromatic carbocycles. The lowest BCUT2D eigenvalue weighted by atomic mass is 10.3. The van der Waals surface area contributed by atoms with Crippen molar-refractivity contribution in [2.45, 2.75) is 24.2 Å². The lowest BCUT2D eigenvalue weighted by Gasteiger charge is -2.08. The molecule has 0 aromatic heterocycles. The summed E-state index contributed by atoms with van der Waals surface area (Å²) in [5.74, 6) is 0.748. The van der Waals surface area contributed by atoms with Gasteiger partial charge in [-0.2, -0.15) is 0 Å². The van der Waals surface area contributed by atoms with E-state index in [4.69, 9.17) is 4.74 Å². The Balaban J connectivity index is 1.71. The van der Waals surface area contributed by atoms with Crippen LogP contribution in [-0.4, -0.2) is 35.2 Å². The van der Waals surface area contributed by atoms with Crippen molar-refractivity contribution in [3.8, 4) is 0 Å². The van der Waals surface area contributed by atoms with E-state index in [0.717, 1.165) is 18.2 Å². The van der Waals surface area contributed by atoms with Gasteiger partial charge in [-0.1, -0.05) is 0 Å². The molecule has 1 aliphatic carbocycles. The number of rotatable bonds is 9. The molecule has 1 fully saturated rings. The summed E-state index contributed by atoms with van der Waals surface area (Å²) in [4.78, 5) is 0.287. The molecule has 0 aliphatic heterocycles. The van der Waals surface area contributed by atoms with Crippen molar-refractivity contribution < 1.29 is 13.2 Å². The monoisotopic (exact) mass is 298 g/mol. The van der Waals surface area contributed by atoms with Crippen LogP contribution in [0.3, 0.4) is 0 Å². The van der Waals surface area contributed by atoms with Gasteiger partial charge in [0.25, 0.3) is 0 Å². The third-order valence-corrected chi connectivity index (χ3v) is 4.74. The van der Waals surface area contributed by atoms with Crippen molar-refractivity contribution >= 4 is 15.7 Å². The molecule has 1 aromatic rings. The molecule has 112 valence electrons. The predicted molar refractivity (Wildman–Crippen MR) is 79.3 cm³/mol. The van der Waals surface area contributed by atoms with Gasteiger partial charge in [0, 0.05) is 32.5 Å². The van der Waals surface area contributed by atoms with Gasteiger partial charge in [0.1, 0.15) is 0 Å². The average molecular weight is 298 g/mol. The Bertz CT molecular complexity index is 510. The number of nitrogens with one attached hydrogen (secondary N) is 2. The molecule has 0 bridgehead atoms. The highest BCUT2D eigenvalue weighted by Crippen LogP contribution is 2.28. The van der Waals surface area contributed by atoms with Crippen LogP contribution >= 0.6 is 0 Å². The number of sulfonamides is 1. The first-order valence-electron chi connectivity index (χ1n) is 6.97. The molecule has 20 heavy (non-hydrogen) atoms. The van der Waals surface area contributed by atoms with Crippen molar-refractivity contribution in [2.75, 3.05) is 32.1 Å². The molecule has 0 amide bonds. The largest absolute Gasteiger partial charge is 0.388 e. The summed E-state index contributed by atoms with van der Waals surface area (Å²) in [6.45, 7) is 1.83. The minimum atomic E-state index is -3.41. The normalized spacial score (nSPS) is 15.2. The Kier molecular flexibility index (Phi) is 5.39. The van der Waals surface area contributed by atoms with Gasteiger partial charge < -0.3 is 10.1 Å². The first-order valence-corrected chi connectivity index (χ1v) is 8.45. The summed E-state index contributed by atoms with van der Waals surface area (Å²) in [6.07, 6.45) is 3.24. The molecule has 6 heteroatoms. The second-order valence-corrected chi connectivity index (χ2v) is 6.81. The molecule has 2 rings (SSSR count). The van der Waals surface area contributed by atoms with Crippen molar-refractivity contribution in [3.05, 3.63) is 24.3 Å². The fraction of sp³-hybridized carbons (Fsp3) is 0.571. The van der Waals surface area contributed by atoms with Crippen LogP contribution in [0.5, 0.6) is 0 Å². The van der Waals surface area contributed by atoms with E-state index in [1.807, 2.05) is 0 Å². The van der Waals surface area contributed by atoms with E-state index in [-0.39, 0.29) is 4.90 Å². The molecule has 5 nitrogen and oxygen atoms in total. The molecule has 2 N–H and O–H groups in total. The van der Waals surface area contributed by atoms with Crippen LogP contribution in [0.15, 0.2) is 29.2 Å². The Morgan fingerprint density at radius 1 is 1.25 bits per heavy atom. The van der Waals surface area contributed by atoms with Crippen LogP contribution in [-0.2, 0) is 14.8 Å². The Labute approximate surface area is 120 Å². The Morgan fingerprint density at radius 3 is 2.55 bits per heavy atom. The number of ether oxygens (including phenoxy) is 1. The molecular weight excluding hydrogens is 276 g/mol. The van der Waals surface area contributed by atoms with E-state index in [1.165, 1.54) is 12.8 Å². The highest BCUT2D eigenvalue weighted by molar-refractivity contribution is 7.89. The fourth-order valence-electron chi connectivity index (χ4n) is 1.80. The standard InChI is InChI=1S/C14H22N2O3S/c1-15-13-5-7-14(8-6-13)20(17,18)16-9-2-10-19-11-12-3-4-12/h5-8,12,15-16H,2-4,9-11H2,1H3. The maximum absolute atomic E-state index is 12.0. The SMILES string of the molecule is CNc1ccc(S(=O)(=O)NCCCOCC2CC2)cc1. The molecule has 0 radical (unpaired) electrons. The topological polar surface area (TPSA) is 67.4 Å². The summed E-state index contributed by atoms with van der Waals surface area (Å²) in [6, 6.07) is 6.68. The number of hydrogen-bond donors (Lipinski definition) is 2. The second kappa shape index (κ2) is 7.06. The van der Waals surface area contributed by atoms with Crippen LogP contribution < -0.4 is 10.0 Å². The van der Waals surface area contributed by atoms with Gasteiger partial charge in [-0.25, -0.2) is 13.1 Å². The third-order valence-electron chi connectivity index (χ3n) is 3.26. The zero-order valence-corrected chi connectivity index (χ0v) is 12.6. The summed E-state index contributed by atoms with van der Waals surface area (Å²) in [7, 11) is -1.61. The summed E-state index contributed by atoms with van der Waals surface area (Å²) < 4.78 is 32.1. The fourth-order valence-corrected chi connectivity index (χ4v) is 2.87. The Morgan fingerprint density at radius 2 is 1.95 bits per heavy atom. The van der Waals surface area contributed by atoms with Gasteiger partial charge in [0.05, 0.1) is 4.90 Å². The van der Waals surface area contributed by atoms with E-state index in [1.54, 1.807) is 31.3 Å². The van der Waals surface area contributed by atoms with Crippen LogP contribution in [0.25, 0.3) is 0 Å². The minimum Gasteiger partial charge on any atom is -0.388 e. The van der Waals surface area contributed by atoms with Gasteiger partial charge in [0.15, 0.2) is 0 Å². The molecule has 0 spiro atoms. The smallest absolute Gasteiger partial charge is 0.240 e. The van der Waals surface area contributed by atoms with E-state index < -0.39 is 10.0 Å². The highest BCUT2D eigenvalue weighted by Gasteiger charge is 2.20. The molecule has 0 unspecified atom stereocenters. The first kappa shape index (κ1) is 15.3. The van der Waals surface area contributed by atoms with Crippen LogP contribution in [0, 0.1) is 5.92 Å². The molecule has 0 saturated heterocycles. The molecular formula is C14H22N2O3S. The number of anilines is 1. The zero-order chi connectivity index (χ0) is 14.4. The average Bonchev–Trinajstić information content (AvgIpc) is 3.27. The lowest BCUT2D eigenvalue weighted by molar-refractivity contribution is 0.123. The van der Waals surface area contributed by atoms with Gasteiger partial charge in [-0.05, 0) is 49.4 Å². The van der Waals surface area contributed by atoms with E-state index in [2.05, 4.69) is 10.0 Å². The summed E-state index contributed by atoms with van der Waals surface area (Å²) in [5, 5.41) is 2.95. The number of benzene rings is 1. The molecule has 0 atom stereocenters. The van der Waals surface area contributed by atoms with Gasteiger partial charge in [0.2, 0.25) is 10.0 Å². The van der Waals surface area contributed by atoms with Crippen molar-refractivity contribution in [1.82, 2.24) is 4.72 Å². The van der Waals surface area contributed by atoms with Crippen molar-refractivity contribution in [1.29, 1.82) is 0 Å². The second-order valence-electron chi connectivity index (χ2n) is 5.04. The Hall–Kier alpha value is -1.11. The maximum atomic E-state index is 12.0. The highest BCUT2D eigenvalue weighted by atomic mass is 32.2. The van der Waals surface area contributed by atoms with E-state index in [0.29, 0.717) is 19.6 Å². The maximum Gasteiger partial charge on any atom is 0.240 e. The van der Waals surface area contributed by atoms with Gasteiger partial charge in [-0.3, -0.25) is 0 Å². The van der Waals surface area contributed by atoms with Gasteiger partial charge in [-0.15, -0.1) is 0 Å². The lowest BCUT2D eigenvalue weighted by Crippen LogP contribution is -2.25. The third kappa shape index (κ3) is 4.77. The van der Waals surface area contributed by atoms with Crippen LogP contribution in [0.2, 0.25) is 0 Å².